The van der Waals surface area contributed by atoms with Gasteiger partial charge in [-0.1, -0.05) is 13.0 Å². The van der Waals surface area contributed by atoms with E-state index in [4.69, 9.17) is 0 Å². The largest absolute Gasteiger partial charge is 0.311 e. The van der Waals surface area contributed by atoms with E-state index < -0.39 is 0 Å². The molecule has 0 unspecified atom stereocenters. The first-order valence-electron chi connectivity index (χ1n) is 6.02. The zero-order chi connectivity index (χ0) is 13.1. The molecule has 96 valence electrons. The van der Waals surface area contributed by atoms with Crippen LogP contribution in [0, 0.1) is 13.8 Å². The van der Waals surface area contributed by atoms with Gasteiger partial charge in [0.15, 0.2) is 5.82 Å². The van der Waals surface area contributed by atoms with Gasteiger partial charge in [-0.3, -0.25) is 0 Å². The molecule has 0 aliphatic heterocycles. The molecule has 0 amide bonds. The van der Waals surface area contributed by atoms with Gasteiger partial charge in [-0.25, -0.2) is 9.67 Å². The topological polar surface area (TPSA) is 42.7 Å². The highest BCUT2D eigenvalue weighted by atomic mass is 79.9. The Bertz CT molecular complexity index is 548. The normalized spacial score (nSPS) is 10.9. The Morgan fingerprint density at radius 1 is 1.33 bits per heavy atom. The van der Waals surface area contributed by atoms with Crippen molar-refractivity contribution in [2.24, 2.45) is 0 Å². The van der Waals surface area contributed by atoms with Crippen LogP contribution in [0.2, 0.25) is 0 Å². The number of rotatable bonds is 4. The van der Waals surface area contributed by atoms with Crippen LogP contribution in [0.4, 0.5) is 0 Å². The predicted octanol–water partition coefficient (Wildman–Crippen LogP) is 2.76. The lowest BCUT2D eigenvalue weighted by Crippen LogP contribution is -2.14. The number of hydrogen-bond acceptors (Lipinski definition) is 3. The first-order chi connectivity index (χ1) is 8.63. The van der Waals surface area contributed by atoms with Gasteiger partial charge in [-0.15, -0.1) is 0 Å². The van der Waals surface area contributed by atoms with Crippen molar-refractivity contribution in [1.29, 1.82) is 0 Å². The highest BCUT2D eigenvalue weighted by Gasteiger charge is 2.11. The van der Waals surface area contributed by atoms with Gasteiger partial charge in [0, 0.05) is 6.54 Å². The SMILES string of the molecule is CCNCc1cccc(-n2nc(C)c(Br)c2C)n1. The number of nitrogens with zero attached hydrogens (tertiary/aromatic N) is 3. The minimum atomic E-state index is 0.783. The van der Waals surface area contributed by atoms with Crippen LogP contribution in [0.3, 0.4) is 0 Å². The van der Waals surface area contributed by atoms with Crippen LogP contribution in [0.15, 0.2) is 22.7 Å². The van der Waals surface area contributed by atoms with Crippen molar-refractivity contribution in [1.82, 2.24) is 20.1 Å². The minimum Gasteiger partial charge on any atom is -0.311 e. The van der Waals surface area contributed by atoms with Crippen molar-refractivity contribution in [3.63, 3.8) is 0 Å². The molecule has 0 aliphatic carbocycles. The number of aromatic nitrogens is 3. The molecule has 4 nitrogen and oxygen atoms in total. The average molecular weight is 309 g/mol. The van der Waals surface area contributed by atoms with Gasteiger partial charge < -0.3 is 5.32 Å². The Morgan fingerprint density at radius 2 is 2.11 bits per heavy atom. The third-order valence-corrected chi connectivity index (χ3v) is 3.92. The first kappa shape index (κ1) is 13.2. The maximum atomic E-state index is 4.61. The molecular weight excluding hydrogens is 292 g/mol. The molecule has 0 spiro atoms. The van der Waals surface area contributed by atoms with Gasteiger partial charge in [-0.05, 0) is 48.5 Å². The molecule has 2 rings (SSSR count). The Morgan fingerprint density at radius 3 is 2.72 bits per heavy atom. The molecular formula is C13H17BrN4. The van der Waals surface area contributed by atoms with Crippen LogP contribution in [0.25, 0.3) is 5.82 Å². The monoisotopic (exact) mass is 308 g/mol. The maximum absolute atomic E-state index is 4.61. The summed E-state index contributed by atoms with van der Waals surface area (Å²) < 4.78 is 2.91. The van der Waals surface area contributed by atoms with Crippen LogP contribution in [-0.4, -0.2) is 21.3 Å². The fourth-order valence-electron chi connectivity index (χ4n) is 1.78. The van der Waals surface area contributed by atoms with Gasteiger partial charge in [0.1, 0.15) is 0 Å². The number of aryl methyl sites for hydroxylation is 1. The van der Waals surface area contributed by atoms with Crippen LogP contribution in [0.5, 0.6) is 0 Å². The molecule has 0 saturated carbocycles. The zero-order valence-corrected chi connectivity index (χ0v) is 12.5. The van der Waals surface area contributed by atoms with E-state index in [0.29, 0.717) is 0 Å². The summed E-state index contributed by atoms with van der Waals surface area (Å²) in [5.41, 5.74) is 3.07. The fourth-order valence-corrected chi connectivity index (χ4v) is 2.03. The van der Waals surface area contributed by atoms with Crippen molar-refractivity contribution < 1.29 is 0 Å². The second kappa shape index (κ2) is 5.63. The van der Waals surface area contributed by atoms with Gasteiger partial charge in [-0.2, -0.15) is 5.10 Å². The van der Waals surface area contributed by atoms with E-state index in [1.807, 2.05) is 36.7 Å². The van der Waals surface area contributed by atoms with Crippen molar-refractivity contribution in [3.8, 4) is 5.82 Å². The van der Waals surface area contributed by atoms with Crippen LogP contribution in [0.1, 0.15) is 24.0 Å². The van der Waals surface area contributed by atoms with E-state index in [-0.39, 0.29) is 0 Å². The van der Waals surface area contributed by atoms with Crippen LogP contribution >= 0.6 is 15.9 Å². The van der Waals surface area contributed by atoms with Gasteiger partial charge in [0.05, 0.1) is 21.6 Å². The minimum absolute atomic E-state index is 0.783. The number of hydrogen-bond donors (Lipinski definition) is 1. The second-order valence-corrected chi connectivity index (χ2v) is 4.96. The quantitative estimate of drug-likeness (QED) is 0.944. The first-order valence-corrected chi connectivity index (χ1v) is 6.81. The molecule has 2 aromatic heterocycles. The highest BCUT2D eigenvalue weighted by Crippen LogP contribution is 2.22. The summed E-state index contributed by atoms with van der Waals surface area (Å²) in [7, 11) is 0. The second-order valence-electron chi connectivity index (χ2n) is 4.16. The Labute approximate surface area is 116 Å². The van der Waals surface area contributed by atoms with Crippen molar-refractivity contribution in [3.05, 3.63) is 39.8 Å². The fraction of sp³-hybridized carbons (Fsp3) is 0.385. The smallest absolute Gasteiger partial charge is 0.153 e. The summed E-state index contributed by atoms with van der Waals surface area (Å²) in [4.78, 5) is 4.61. The van der Waals surface area contributed by atoms with Gasteiger partial charge in [0.2, 0.25) is 0 Å². The summed E-state index contributed by atoms with van der Waals surface area (Å²) >= 11 is 3.53. The van der Waals surface area contributed by atoms with Crippen LogP contribution in [-0.2, 0) is 6.54 Å². The molecule has 0 aliphatic rings. The van der Waals surface area contributed by atoms with E-state index in [1.54, 1.807) is 0 Å². The molecule has 2 heterocycles. The van der Waals surface area contributed by atoms with Crippen LogP contribution < -0.4 is 5.32 Å². The summed E-state index contributed by atoms with van der Waals surface area (Å²) in [6.45, 7) is 7.82. The third-order valence-electron chi connectivity index (χ3n) is 2.77. The molecule has 0 atom stereocenters. The number of pyridine rings is 1. The van der Waals surface area contributed by atoms with Crippen molar-refractivity contribution in [2.45, 2.75) is 27.3 Å². The third kappa shape index (κ3) is 2.62. The maximum Gasteiger partial charge on any atom is 0.153 e. The Balaban J connectivity index is 2.35. The molecule has 0 radical (unpaired) electrons. The van der Waals surface area contributed by atoms with Crippen molar-refractivity contribution in [2.75, 3.05) is 6.54 Å². The average Bonchev–Trinajstić information content (AvgIpc) is 2.64. The van der Waals surface area contributed by atoms with E-state index in [1.165, 1.54) is 0 Å². The molecule has 0 saturated heterocycles. The number of halogens is 1. The summed E-state index contributed by atoms with van der Waals surface area (Å²) in [5, 5.41) is 7.76. The Kier molecular flexibility index (Phi) is 4.14. The van der Waals surface area contributed by atoms with E-state index in [9.17, 15) is 0 Å². The highest BCUT2D eigenvalue weighted by molar-refractivity contribution is 9.10. The molecule has 1 N–H and O–H groups in total. The lowest BCUT2D eigenvalue weighted by atomic mass is 10.3. The molecule has 0 aromatic carbocycles. The summed E-state index contributed by atoms with van der Waals surface area (Å²) in [5.74, 6) is 0.858. The molecule has 0 bridgehead atoms. The van der Waals surface area contributed by atoms with Gasteiger partial charge in [0.25, 0.3) is 0 Å². The van der Waals surface area contributed by atoms with Gasteiger partial charge >= 0.3 is 0 Å². The van der Waals surface area contributed by atoms with E-state index in [0.717, 1.165) is 40.5 Å². The summed E-state index contributed by atoms with van der Waals surface area (Å²) in [6, 6.07) is 6.01. The lowest BCUT2D eigenvalue weighted by molar-refractivity contribution is 0.702. The predicted molar refractivity (Wildman–Crippen MR) is 75.9 cm³/mol. The molecule has 18 heavy (non-hydrogen) atoms. The Hall–Kier alpha value is -1.20. The lowest BCUT2D eigenvalue weighted by Gasteiger charge is -2.06. The summed E-state index contributed by atoms with van der Waals surface area (Å²) in [6.07, 6.45) is 0. The standard InChI is InChI=1S/C13H17BrN4/c1-4-15-8-11-6-5-7-12(16-11)18-10(3)13(14)9(2)17-18/h5-7,15H,4,8H2,1-3H3. The zero-order valence-electron chi connectivity index (χ0n) is 10.9. The molecule has 2 aromatic rings. The van der Waals surface area contributed by atoms with E-state index in [2.05, 4.69) is 38.3 Å². The number of nitrogens with one attached hydrogen (secondary N) is 1. The van der Waals surface area contributed by atoms with Crippen molar-refractivity contribution >= 4 is 15.9 Å². The molecule has 5 heteroatoms. The van der Waals surface area contributed by atoms with E-state index >= 15 is 0 Å². The molecule has 0 fully saturated rings.